The van der Waals surface area contributed by atoms with E-state index in [0.29, 0.717) is 23.7 Å². The molecule has 25 heavy (non-hydrogen) atoms. The third-order valence-corrected chi connectivity index (χ3v) is 4.33. The summed E-state index contributed by atoms with van der Waals surface area (Å²) in [6.45, 7) is 2.42. The van der Waals surface area contributed by atoms with Gasteiger partial charge in [-0.25, -0.2) is 0 Å². The summed E-state index contributed by atoms with van der Waals surface area (Å²) in [7, 11) is 1.52. The Hall–Kier alpha value is -2.48. The second kappa shape index (κ2) is 8.57. The van der Waals surface area contributed by atoms with Gasteiger partial charge in [-0.1, -0.05) is 6.07 Å². The minimum atomic E-state index is -1.20. The van der Waals surface area contributed by atoms with Crippen LogP contribution in [0.15, 0.2) is 23.1 Å². The molecule has 0 unspecified atom stereocenters. The van der Waals surface area contributed by atoms with Crippen LogP contribution in [0.5, 0.6) is 11.5 Å². The third-order valence-electron chi connectivity index (χ3n) is 3.42. The lowest BCUT2D eigenvalue weighted by molar-refractivity contribution is -0.305. The first-order valence-electron chi connectivity index (χ1n) is 7.72. The number of carboxylic acid groups (broad SMARTS) is 1. The molecule has 0 atom stereocenters. The summed E-state index contributed by atoms with van der Waals surface area (Å²) < 4.78 is 10.7. The fourth-order valence-corrected chi connectivity index (χ4v) is 3.14. The number of thioether (sulfide) groups is 1. The van der Waals surface area contributed by atoms with E-state index in [2.05, 4.69) is 0 Å². The first-order chi connectivity index (χ1) is 12.0. The van der Waals surface area contributed by atoms with E-state index in [1.165, 1.54) is 7.11 Å². The summed E-state index contributed by atoms with van der Waals surface area (Å²) >= 11 is 0.827. The predicted molar refractivity (Wildman–Crippen MR) is 91.1 cm³/mol. The molecule has 2 amide bonds. The first-order valence-corrected chi connectivity index (χ1v) is 8.54. The number of rotatable bonds is 8. The topological polar surface area (TPSA) is 96.0 Å². The maximum absolute atomic E-state index is 12.3. The van der Waals surface area contributed by atoms with E-state index in [9.17, 15) is 19.5 Å². The third kappa shape index (κ3) is 4.76. The van der Waals surface area contributed by atoms with Crippen molar-refractivity contribution in [2.75, 3.05) is 20.3 Å². The van der Waals surface area contributed by atoms with Gasteiger partial charge >= 0.3 is 0 Å². The molecule has 7 nitrogen and oxygen atoms in total. The molecule has 2 rings (SSSR count). The molecule has 1 heterocycles. The highest BCUT2D eigenvalue weighted by molar-refractivity contribution is 8.18. The zero-order valence-electron chi connectivity index (χ0n) is 13.9. The molecule has 0 aliphatic carbocycles. The van der Waals surface area contributed by atoms with E-state index in [0.717, 1.165) is 16.7 Å². The van der Waals surface area contributed by atoms with Gasteiger partial charge in [-0.15, -0.1) is 0 Å². The Kier molecular flexibility index (Phi) is 6.46. The Balaban J connectivity index is 2.14. The molecule has 8 heteroatoms. The van der Waals surface area contributed by atoms with Crippen molar-refractivity contribution in [1.82, 2.24) is 4.90 Å². The Morgan fingerprint density at radius 2 is 2.08 bits per heavy atom. The lowest BCUT2D eigenvalue weighted by Crippen LogP contribution is -2.30. The first kappa shape index (κ1) is 18.9. The van der Waals surface area contributed by atoms with Crippen molar-refractivity contribution in [3.05, 3.63) is 28.7 Å². The van der Waals surface area contributed by atoms with Crippen LogP contribution in [0.2, 0.25) is 0 Å². The maximum Gasteiger partial charge on any atom is 0.293 e. The van der Waals surface area contributed by atoms with Gasteiger partial charge in [0, 0.05) is 12.5 Å². The molecule has 0 bridgehead atoms. The zero-order valence-corrected chi connectivity index (χ0v) is 14.8. The van der Waals surface area contributed by atoms with Crippen LogP contribution in [0, 0.1) is 0 Å². The highest BCUT2D eigenvalue weighted by Gasteiger charge is 2.34. The van der Waals surface area contributed by atoms with Crippen molar-refractivity contribution in [1.29, 1.82) is 0 Å². The van der Waals surface area contributed by atoms with E-state index in [4.69, 9.17) is 9.47 Å². The van der Waals surface area contributed by atoms with Gasteiger partial charge in [-0.3, -0.25) is 14.5 Å². The SMILES string of the molecule is CCOc1ccc(/C=C2/SC(=O)N(CCCC(=O)[O-])C2=O)cc1OC. The number of carbonyl (C=O) groups excluding carboxylic acids is 3. The van der Waals surface area contributed by atoms with Gasteiger partial charge < -0.3 is 19.4 Å². The second-order valence-corrected chi connectivity index (χ2v) is 6.15. The van der Waals surface area contributed by atoms with Crippen LogP contribution < -0.4 is 14.6 Å². The molecule has 1 fully saturated rings. The Morgan fingerprint density at radius 3 is 2.72 bits per heavy atom. The van der Waals surface area contributed by atoms with Gasteiger partial charge in [0.1, 0.15) is 0 Å². The number of imide groups is 1. The fraction of sp³-hybridized carbons (Fsp3) is 0.353. The van der Waals surface area contributed by atoms with Crippen LogP contribution in [0.3, 0.4) is 0 Å². The van der Waals surface area contributed by atoms with Crippen LogP contribution in [-0.2, 0) is 9.59 Å². The normalized spacial score (nSPS) is 15.8. The van der Waals surface area contributed by atoms with Crippen LogP contribution in [0.4, 0.5) is 4.79 Å². The number of nitrogens with zero attached hydrogens (tertiary/aromatic N) is 1. The molecule has 0 aromatic heterocycles. The van der Waals surface area contributed by atoms with Crippen molar-refractivity contribution >= 4 is 35.0 Å². The number of aliphatic carboxylic acids is 1. The summed E-state index contributed by atoms with van der Waals surface area (Å²) in [5.74, 6) is -0.508. The van der Waals surface area contributed by atoms with Crippen LogP contribution in [0.1, 0.15) is 25.3 Å². The number of hydrogen-bond acceptors (Lipinski definition) is 7. The van der Waals surface area contributed by atoms with E-state index in [-0.39, 0.29) is 24.3 Å². The van der Waals surface area contributed by atoms with Crippen molar-refractivity contribution in [2.24, 2.45) is 0 Å². The number of benzene rings is 1. The Morgan fingerprint density at radius 1 is 1.32 bits per heavy atom. The van der Waals surface area contributed by atoms with E-state index in [1.54, 1.807) is 24.3 Å². The second-order valence-electron chi connectivity index (χ2n) is 5.15. The van der Waals surface area contributed by atoms with Crippen LogP contribution in [0.25, 0.3) is 6.08 Å². The molecule has 1 aromatic rings. The van der Waals surface area contributed by atoms with E-state index < -0.39 is 17.1 Å². The number of methoxy groups -OCH3 is 1. The monoisotopic (exact) mass is 364 g/mol. The Bertz CT molecular complexity index is 715. The summed E-state index contributed by atoms with van der Waals surface area (Å²) in [5, 5.41) is 10.0. The molecular weight excluding hydrogens is 346 g/mol. The van der Waals surface area contributed by atoms with E-state index >= 15 is 0 Å². The van der Waals surface area contributed by atoms with Crippen molar-refractivity contribution in [2.45, 2.75) is 19.8 Å². The number of ether oxygens (including phenoxy) is 2. The molecule has 1 aliphatic rings. The van der Waals surface area contributed by atoms with Crippen molar-refractivity contribution < 1.29 is 29.0 Å². The molecule has 0 radical (unpaired) electrons. The van der Waals surface area contributed by atoms with Gasteiger partial charge in [-0.05, 0) is 55.3 Å². The molecule has 0 spiro atoms. The van der Waals surface area contributed by atoms with Gasteiger partial charge in [0.05, 0.1) is 18.6 Å². The average molecular weight is 364 g/mol. The summed E-state index contributed by atoms with van der Waals surface area (Å²) in [4.78, 5) is 36.0. The lowest BCUT2D eigenvalue weighted by Gasteiger charge is -2.12. The number of amides is 2. The molecule has 0 N–H and O–H groups in total. The van der Waals surface area contributed by atoms with Crippen molar-refractivity contribution in [3.63, 3.8) is 0 Å². The van der Waals surface area contributed by atoms with Gasteiger partial charge in [0.25, 0.3) is 11.1 Å². The lowest BCUT2D eigenvalue weighted by atomic mass is 10.2. The summed E-state index contributed by atoms with van der Waals surface area (Å²) in [6, 6.07) is 5.21. The van der Waals surface area contributed by atoms with Crippen molar-refractivity contribution in [3.8, 4) is 11.5 Å². The largest absolute Gasteiger partial charge is 0.550 e. The smallest absolute Gasteiger partial charge is 0.293 e. The predicted octanol–water partition coefficient (Wildman–Crippen LogP) is 1.66. The number of carboxylic acids is 1. The molecule has 0 saturated carbocycles. The van der Waals surface area contributed by atoms with Gasteiger partial charge in [0.15, 0.2) is 11.5 Å². The maximum atomic E-state index is 12.3. The highest BCUT2D eigenvalue weighted by Crippen LogP contribution is 2.34. The number of carbonyl (C=O) groups is 3. The minimum absolute atomic E-state index is 0.0581. The molecule has 1 aliphatic heterocycles. The van der Waals surface area contributed by atoms with Crippen LogP contribution in [-0.4, -0.2) is 42.3 Å². The van der Waals surface area contributed by atoms with Gasteiger partial charge in [-0.2, -0.15) is 0 Å². The van der Waals surface area contributed by atoms with E-state index in [1.807, 2.05) is 6.92 Å². The highest BCUT2D eigenvalue weighted by atomic mass is 32.2. The number of hydrogen-bond donors (Lipinski definition) is 0. The summed E-state index contributed by atoms with van der Waals surface area (Å²) in [6.07, 6.45) is 1.57. The molecule has 1 aromatic carbocycles. The molecule has 1 saturated heterocycles. The van der Waals surface area contributed by atoms with Crippen LogP contribution >= 0.6 is 11.8 Å². The Labute approximate surface area is 149 Å². The fourth-order valence-electron chi connectivity index (χ4n) is 2.27. The zero-order chi connectivity index (χ0) is 18.4. The molecule has 134 valence electrons. The summed E-state index contributed by atoms with van der Waals surface area (Å²) in [5.41, 5.74) is 0.695. The van der Waals surface area contributed by atoms with Gasteiger partial charge in [0.2, 0.25) is 0 Å². The minimum Gasteiger partial charge on any atom is -0.550 e. The standard InChI is InChI=1S/C17H19NO6S/c1-3-24-12-7-6-11(9-13(12)23-2)10-14-16(21)18(17(22)25-14)8-4-5-15(19)20/h6-7,9-10H,3-5,8H2,1-2H3,(H,19,20)/p-1/b14-10+. The molecular formula is C17H18NO6S-. The quantitative estimate of drug-likeness (QED) is 0.647. The average Bonchev–Trinajstić information content (AvgIpc) is 2.83.